The van der Waals surface area contributed by atoms with Crippen molar-refractivity contribution in [2.24, 2.45) is 11.7 Å². The molecule has 1 aromatic rings. The van der Waals surface area contributed by atoms with Crippen LogP contribution in [0.25, 0.3) is 0 Å². The molecular formula is C15H16FN3O4. The monoisotopic (exact) mass is 321 g/mol. The smallest absolute Gasteiger partial charge is 0.439 e. The molecule has 3 rings (SSSR count). The van der Waals surface area contributed by atoms with Crippen LogP contribution in [0.3, 0.4) is 0 Å². The molecule has 2 saturated heterocycles. The van der Waals surface area contributed by atoms with E-state index < -0.39 is 30.1 Å². The van der Waals surface area contributed by atoms with Crippen LogP contribution in [-0.4, -0.2) is 42.1 Å². The molecule has 2 aliphatic heterocycles. The summed E-state index contributed by atoms with van der Waals surface area (Å²) in [5.74, 6) is -1.33. The normalized spacial score (nSPS) is 25.1. The molecule has 2 fully saturated rings. The van der Waals surface area contributed by atoms with Gasteiger partial charge < -0.3 is 15.4 Å². The fraction of sp³-hybridized carbons (Fsp3) is 0.400. The van der Waals surface area contributed by atoms with Gasteiger partial charge >= 0.3 is 6.09 Å². The van der Waals surface area contributed by atoms with Gasteiger partial charge in [-0.05, 0) is 24.6 Å². The molecule has 1 aromatic carbocycles. The Labute approximate surface area is 131 Å². The number of rotatable bonds is 4. The molecule has 8 heteroatoms. The van der Waals surface area contributed by atoms with E-state index in [9.17, 15) is 18.9 Å². The first-order valence-corrected chi connectivity index (χ1v) is 7.20. The zero-order valence-electron chi connectivity index (χ0n) is 12.4. The molecule has 2 N–H and O–H groups in total. The summed E-state index contributed by atoms with van der Waals surface area (Å²) in [6.07, 6.45) is -2.12. The standard InChI is InChI=1S/C15H16FN3O4/c1-8(14(17)21)13-12(19(16)15(22)23-13)9-2-4-10(5-3-9)18-6-11(20)7-18/h2-5,8,12-13H,6-7H2,1H3,(H2,17,21). The summed E-state index contributed by atoms with van der Waals surface area (Å²) < 4.78 is 19.0. The van der Waals surface area contributed by atoms with E-state index in [0.717, 1.165) is 5.69 Å². The number of Topliss-reactive ketones (excluding diaryl/α,β-unsaturated/α-hetero) is 1. The summed E-state index contributed by atoms with van der Waals surface area (Å²) in [5.41, 5.74) is 6.57. The quantitative estimate of drug-likeness (QED) is 0.833. The molecule has 3 atom stereocenters. The Morgan fingerprint density at radius 2 is 1.91 bits per heavy atom. The molecule has 3 unspecified atom stereocenters. The summed E-state index contributed by atoms with van der Waals surface area (Å²) >= 11 is 0. The van der Waals surface area contributed by atoms with E-state index >= 15 is 0 Å². The Balaban J connectivity index is 1.84. The number of nitrogens with two attached hydrogens (primary N) is 1. The summed E-state index contributed by atoms with van der Waals surface area (Å²) in [6.45, 7) is 2.22. The first-order valence-electron chi connectivity index (χ1n) is 7.20. The third-order valence-corrected chi connectivity index (χ3v) is 4.24. The molecule has 0 aliphatic carbocycles. The van der Waals surface area contributed by atoms with Crippen LogP contribution in [0.4, 0.5) is 15.0 Å². The Hall–Kier alpha value is -2.64. The number of primary amides is 1. The van der Waals surface area contributed by atoms with Gasteiger partial charge in [0.05, 0.1) is 19.0 Å². The highest BCUT2D eigenvalue weighted by Gasteiger charge is 2.47. The molecule has 0 radical (unpaired) electrons. The molecule has 2 aliphatic rings. The fourth-order valence-corrected chi connectivity index (χ4v) is 2.78. The Bertz CT molecular complexity index is 655. The summed E-state index contributed by atoms with van der Waals surface area (Å²) in [7, 11) is 0. The fourth-order valence-electron chi connectivity index (χ4n) is 2.78. The average Bonchev–Trinajstić information content (AvgIpc) is 2.79. The molecular weight excluding hydrogens is 305 g/mol. The topological polar surface area (TPSA) is 92.9 Å². The maximum absolute atomic E-state index is 14.1. The minimum absolute atomic E-state index is 0.0216. The van der Waals surface area contributed by atoms with Gasteiger partial charge in [-0.15, -0.1) is 5.12 Å². The molecule has 23 heavy (non-hydrogen) atoms. The van der Waals surface area contributed by atoms with Crippen molar-refractivity contribution < 1.29 is 23.6 Å². The van der Waals surface area contributed by atoms with E-state index in [4.69, 9.17) is 10.5 Å². The zero-order chi connectivity index (χ0) is 16.7. The lowest BCUT2D eigenvalue weighted by Gasteiger charge is -2.32. The summed E-state index contributed by atoms with van der Waals surface area (Å²) in [5, 5.41) is -0.0216. The summed E-state index contributed by atoms with van der Waals surface area (Å²) in [4.78, 5) is 35.7. The van der Waals surface area contributed by atoms with Gasteiger partial charge in [0.15, 0.2) is 5.78 Å². The van der Waals surface area contributed by atoms with Crippen LogP contribution in [0.5, 0.6) is 0 Å². The lowest BCUT2D eigenvalue weighted by Crippen LogP contribution is -2.47. The van der Waals surface area contributed by atoms with Crippen molar-refractivity contribution in [2.45, 2.75) is 19.1 Å². The van der Waals surface area contributed by atoms with E-state index in [2.05, 4.69) is 0 Å². The second-order valence-corrected chi connectivity index (χ2v) is 5.78. The predicted octanol–water partition coefficient (Wildman–Crippen LogP) is 0.943. The zero-order valence-corrected chi connectivity index (χ0v) is 12.4. The molecule has 2 heterocycles. The number of nitrogens with zero attached hydrogens (tertiary/aromatic N) is 2. The first kappa shape index (κ1) is 15.3. The van der Waals surface area contributed by atoms with E-state index in [0.29, 0.717) is 18.7 Å². The lowest BCUT2D eigenvalue weighted by atomic mass is 9.92. The molecule has 0 saturated carbocycles. The van der Waals surface area contributed by atoms with Crippen molar-refractivity contribution in [3.63, 3.8) is 0 Å². The van der Waals surface area contributed by atoms with Gasteiger partial charge in [-0.2, -0.15) is 0 Å². The predicted molar refractivity (Wildman–Crippen MR) is 78.0 cm³/mol. The number of halogens is 1. The van der Waals surface area contributed by atoms with Crippen LogP contribution in [0.2, 0.25) is 0 Å². The maximum atomic E-state index is 14.1. The van der Waals surface area contributed by atoms with Crippen molar-refractivity contribution in [1.82, 2.24) is 5.12 Å². The highest BCUT2D eigenvalue weighted by molar-refractivity contribution is 5.95. The molecule has 7 nitrogen and oxygen atoms in total. The van der Waals surface area contributed by atoms with Gasteiger partial charge in [0, 0.05) is 5.69 Å². The van der Waals surface area contributed by atoms with E-state index in [1.54, 1.807) is 24.3 Å². The number of carbonyl (C=O) groups is 3. The van der Waals surface area contributed by atoms with Gasteiger partial charge in [0.1, 0.15) is 12.1 Å². The Morgan fingerprint density at radius 1 is 1.30 bits per heavy atom. The van der Waals surface area contributed by atoms with Gasteiger partial charge in [-0.1, -0.05) is 16.6 Å². The van der Waals surface area contributed by atoms with Gasteiger partial charge in [-0.25, -0.2) is 4.79 Å². The summed E-state index contributed by atoms with van der Waals surface area (Å²) in [6, 6.07) is 5.75. The second-order valence-electron chi connectivity index (χ2n) is 5.78. The molecule has 2 amide bonds. The minimum Gasteiger partial charge on any atom is -0.441 e. The maximum Gasteiger partial charge on any atom is 0.439 e. The van der Waals surface area contributed by atoms with Crippen LogP contribution >= 0.6 is 0 Å². The van der Waals surface area contributed by atoms with Gasteiger partial charge in [-0.3, -0.25) is 9.59 Å². The highest BCUT2D eigenvalue weighted by atomic mass is 19.2. The van der Waals surface area contributed by atoms with Crippen molar-refractivity contribution in [1.29, 1.82) is 0 Å². The Morgan fingerprint density at radius 3 is 2.43 bits per heavy atom. The van der Waals surface area contributed by atoms with Crippen LogP contribution in [-0.2, 0) is 14.3 Å². The van der Waals surface area contributed by atoms with E-state index in [-0.39, 0.29) is 10.9 Å². The number of anilines is 1. The van der Waals surface area contributed by atoms with Crippen molar-refractivity contribution in [3.05, 3.63) is 29.8 Å². The highest BCUT2D eigenvalue weighted by Crippen LogP contribution is 2.38. The number of ether oxygens (including phenoxy) is 1. The minimum atomic E-state index is -1.13. The van der Waals surface area contributed by atoms with Gasteiger partial charge in [0.2, 0.25) is 5.91 Å². The van der Waals surface area contributed by atoms with E-state index in [1.807, 2.05) is 4.90 Å². The number of cyclic esters (lactones) is 1. The van der Waals surface area contributed by atoms with Crippen molar-refractivity contribution in [2.75, 3.05) is 18.0 Å². The van der Waals surface area contributed by atoms with Crippen LogP contribution in [0.1, 0.15) is 18.5 Å². The second kappa shape index (κ2) is 5.53. The van der Waals surface area contributed by atoms with Crippen LogP contribution < -0.4 is 10.6 Å². The average molecular weight is 321 g/mol. The van der Waals surface area contributed by atoms with E-state index in [1.165, 1.54) is 6.92 Å². The van der Waals surface area contributed by atoms with Gasteiger partial charge in [0.25, 0.3) is 0 Å². The number of ketones is 1. The van der Waals surface area contributed by atoms with Crippen LogP contribution in [0.15, 0.2) is 24.3 Å². The lowest BCUT2D eigenvalue weighted by molar-refractivity contribution is -0.124. The molecule has 0 spiro atoms. The number of hydrogen-bond acceptors (Lipinski definition) is 5. The van der Waals surface area contributed by atoms with Crippen molar-refractivity contribution >= 4 is 23.5 Å². The largest absolute Gasteiger partial charge is 0.441 e. The third-order valence-electron chi connectivity index (χ3n) is 4.24. The first-order chi connectivity index (χ1) is 10.9. The number of amides is 2. The molecule has 122 valence electrons. The molecule has 0 aromatic heterocycles. The molecule has 0 bridgehead atoms. The Kier molecular flexibility index (Phi) is 3.67. The van der Waals surface area contributed by atoms with Crippen LogP contribution in [0, 0.1) is 5.92 Å². The number of carbonyl (C=O) groups excluding carboxylic acids is 3. The number of benzene rings is 1. The van der Waals surface area contributed by atoms with Crippen molar-refractivity contribution in [3.8, 4) is 0 Å². The third kappa shape index (κ3) is 2.60. The number of hydrogen-bond donors (Lipinski definition) is 1. The SMILES string of the molecule is CC(C(N)=O)C1OC(=O)N(F)C1c1ccc(N2CC(=O)C2)cc1.